The van der Waals surface area contributed by atoms with E-state index in [0.717, 1.165) is 5.32 Å². The second kappa shape index (κ2) is 6.47. The number of hydrogen-bond donors (Lipinski definition) is 0. The predicted octanol–water partition coefficient (Wildman–Crippen LogP) is 2.61. The molecule has 108 valence electrons. The summed E-state index contributed by atoms with van der Waals surface area (Å²) in [5, 5.41) is 1.07. The van der Waals surface area contributed by atoms with Crippen molar-refractivity contribution in [3.05, 3.63) is 42.0 Å². The first-order valence-electron chi connectivity index (χ1n) is 6.78. The van der Waals surface area contributed by atoms with Crippen LogP contribution in [0.5, 0.6) is 0 Å². The molecule has 1 heterocycles. The Morgan fingerprint density at radius 2 is 2.00 bits per heavy atom. The first-order valence-corrected chi connectivity index (χ1v) is 8.84. The van der Waals surface area contributed by atoms with E-state index in [0.29, 0.717) is 28.0 Å². The van der Waals surface area contributed by atoms with Crippen molar-refractivity contribution in [2.45, 2.75) is 31.7 Å². The summed E-state index contributed by atoms with van der Waals surface area (Å²) in [4.78, 5) is 13.7. The first-order chi connectivity index (χ1) is 9.44. The quantitative estimate of drug-likeness (QED) is 0.626. The second-order valence-electron chi connectivity index (χ2n) is 5.82. The average molecular weight is 338 g/mol. The third-order valence-corrected chi connectivity index (χ3v) is 5.16. The van der Waals surface area contributed by atoms with E-state index in [1.54, 1.807) is 4.90 Å². The Morgan fingerprint density at radius 3 is 2.65 bits per heavy atom. The Hall–Kier alpha value is -1.25. The minimum absolute atomic E-state index is 0.212. The Bertz CT molecular complexity index is 491. The molecule has 2 rings (SSSR count). The molecule has 0 atom stereocenters. The number of benzene rings is 1. The summed E-state index contributed by atoms with van der Waals surface area (Å²) < 4.78 is 6.79. The second-order valence-corrected chi connectivity index (χ2v) is 8.03. The number of nitrogens with zero attached hydrogens (tertiary/aromatic N) is 1. The van der Waals surface area contributed by atoms with Crippen LogP contribution in [0.2, 0.25) is 5.32 Å². The molecule has 4 heteroatoms. The third-order valence-electron chi connectivity index (χ3n) is 2.81. The van der Waals surface area contributed by atoms with Crippen molar-refractivity contribution in [3.8, 4) is 0 Å². The predicted molar refractivity (Wildman–Crippen MR) is 82.5 cm³/mol. The molecule has 3 nitrogen and oxygen atoms in total. The van der Waals surface area contributed by atoms with E-state index in [-0.39, 0.29) is 6.09 Å². The van der Waals surface area contributed by atoms with Gasteiger partial charge in [0, 0.05) is 0 Å². The van der Waals surface area contributed by atoms with E-state index in [4.69, 9.17) is 4.74 Å². The van der Waals surface area contributed by atoms with Crippen LogP contribution in [-0.4, -0.2) is 44.6 Å². The van der Waals surface area contributed by atoms with Gasteiger partial charge in [-0.3, -0.25) is 0 Å². The monoisotopic (exact) mass is 339 g/mol. The standard InChI is InChI=1S/C16H21NO2Se/c1-16(2,3)19-15(18)17-10-9-13(11-17)12-20-14-7-5-4-6-8-14/h4-9H,10-12H2,1-3H3. The van der Waals surface area contributed by atoms with Crippen LogP contribution in [0.4, 0.5) is 4.79 Å². The van der Waals surface area contributed by atoms with Crippen LogP contribution in [0.1, 0.15) is 20.8 Å². The van der Waals surface area contributed by atoms with Gasteiger partial charge in [0.15, 0.2) is 0 Å². The summed E-state index contributed by atoms with van der Waals surface area (Å²) in [6.45, 7) is 7.08. The minimum atomic E-state index is -0.423. The number of rotatable bonds is 3. The summed E-state index contributed by atoms with van der Waals surface area (Å²) in [5.41, 5.74) is 0.924. The maximum atomic E-state index is 12.0. The molecule has 0 saturated carbocycles. The zero-order chi connectivity index (χ0) is 14.6. The summed E-state index contributed by atoms with van der Waals surface area (Å²) in [5.74, 6) is 0. The van der Waals surface area contributed by atoms with Gasteiger partial charge >= 0.3 is 127 Å². The molecule has 0 fully saturated rings. The van der Waals surface area contributed by atoms with Gasteiger partial charge in [0.05, 0.1) is 0 Å². The van der Waals surface area contributed by atoms with E-state index in [9.17, 15) is 4.79 Å². The van der Waals surface area contributed by atoms with Gasteiger partial charge in [-0.25, -0.2) is 0 Å². The molecule has 0 aromatic heterocycles. The molecule has 0 saturated heterocycles. The Balaban J connectivity index is 1.79. The van der Waals surface area contributed by atoms with E-state index in [2.05, 4.69) is 30.3 Å². The molecule has 20 heavy (non-hydrogen) atoms. The fourth-order valence-corrected chi connectivity index (χ4v) is 3.79. The van der Waals surface area contributed by atoms with Crippen molar-refractivity contribution in [2.24, 2.45) is 0 Å². The van der Waals surface area contributed by atoms with Gasteiger partial charge in [0.1, 0.15) is 0 Å². The Kier molecular flexibility index (Phi) is 4.90. The van der Waals surface area contributed by atoms with Gasteiger partial charge < -0.3 is 0 Å². The Morgan fingerprint density at radius 1 is 1.30 bits per heavy atom. The number of amides is 1. The van der Waals surface area contributed by atoms with E-state index >= 15 is 0 Å². The van der Waals surface area contributed by atoms with Crippen LogP contribution >= 0.6 is 0 Å². The number of ether oxygens (including phenoxy) is 1. The number of carbonyl (C=O) groups is 1. The molecule has 0 unspecified atom stereocenters. The van der Waals surface area contributed by atoms with Gasteiger partial charge in [-0.1, -0.05) is 0 Å². The van der Waals surface area contributed by atoms with Crippen LogP contribution in [0.3, 0.4) is 0 Å². The molecule has 1 amide bonds. The molecule has 1 aliphatic heterocycles. The fourth-order valence-electron chi connectivity index (χ4n) is 1.88. The van der Waals surface area contributed by atoms with Crippen molar-refractivity contribution in [1.29, 1.82) is 0 Å². The molecule has 0 radical (unpaired) electrons. The summed E-state index contributed by atoms with van der Waals surface area (Å²) >= 11 is 0.442. The van der Waals surface area contributed by atoms with Gasteiger partial charge in [0.25, 0.3) is 0 Å². The zero-order valence-electron chi connectivity index (χ0n) is 12.3. The normalized spacial score (nSPS) is 15.2. The van der Waals surface area contributed by atoms with Crippen molar-refractivity contribution < 1.29 is 9.53 Å². The van der Waals surface area contributed by atoms with E-state index in [1.165, 1.54) is 10.0 Å². The molecule has 0 spiro atoms. The number of carbonyl (C=O) groups excluding carboxylic acids is 1. The van der Waals surface area contributed by atoms with Gasteiger partial charge in [-0.2, -0.15) is 0 Å². The molecule has 1 aromatic rings. The van der Waals surface area contributed by atoms with Crippen LogP contribution in [0.15, 0.2) is 42.0 Å². The average Bonchev–Trinajstić information content (AvgIpc) is 2.84. The maximum absolute atomic E-state index is 12.0. The Labute approximate surface area is 127 Å². The molecule has 1 aromatic carbocycles. The van der Waals surface area contributed by atoms with Crippen molar-refractivity contribution in [2.75, 3.05) is 13.1 Å². The first kappa shape index (κ1) is 15.1. The molecule has 0 bridgehead atoms. The summed E-state index contributed by atoms with van der Waals surface area (Å²) in [7, 11) is 0. The van der Waals surface area contributed by atoms with Crippen molar-refractivity contribution in [3.63, 3.8) is 0 Å². The SMILES string of the molecule is CC(C)(C)OC(=O)N1CC=C(C[Se]c2ccccc2)C1. The van der Waals surface area contributed by atoms with E-state index in [1.807, 2.05) is 26.8 Å². The fraction of sp³-hybridized carbons (Fsp3) is 0.438. The summed E-state index contributed by atoms with van der Waals surface area (Å²) in [6, 6.07) is 10.5. The van der Waals surface area contributed by atoms with Crippen molar-refractivity contribution >= 4 is 25.5 Å². The molecular formula is C16H21NO2Se. The van der Waals surface area contributed by atoms with Crippen LogP contribution in [-0.2, 0) is 4.74 Å². The molecule has 0 N–H and O–H groups in total. The zero-order valence-corrected chi connectivity index (χ0v) is 14.0. The van der Waals surface area contributed by atoms with Gasteiger partial charge in [0.2, 0.25) is 0 Å². The van der Waals surface area contributed by atoms with Crippen LogP contribution < -0.4 is 4.46 Å². The van der Waals surface area contributed by atoms with E-state index < -0.39 is 5.60 Å². The van der Waals surface area contributed by atoms with Crippen LogP contribution in [0.25, 0.3) is 0 Å². The van der Waals surface area contributed by atoms with Gasteiger partial charge in [-0.15, -0.1) is 0 Å². The topological polar surface area (TPSA) is 29.5 Å². The molecule has 0 aliphatic carbocycles. The molecule has 1 aliphatic rings. The molecular weight excluding hydrogens is 317 g/mol. The van der Waals surface area contributed by atoms with Crippen molar-refractivity contribution in [1.82, 2.24) is 4.90 Å². The van der Waals surface area contributed by atoms with Gasteiger partial charge in [-0.05, 0) is 0 Å². The summed E-state index contributed by atoms with van der Waals surface area (Å²) in [6.07, 6.45) is 1.95. The third kappa shape index (κ3) is 4.69. The number of hydrogen-bond acceptors (Lipinski definition) is 2. The van der Waals surface area contributed by atoms with Crippen LogP contribution in [0, 0.1) is 0 Å².